The Balaban J connectivity index is 1.67. The van der Waals surface area contributed by atoms with Crippen molar-refractivity contribution in [3.63, 3.8) is 0 Å². The number of anilines is 1. The molecule has 2 amide bonds. The van der Waals surface area contributed by atoms with Gasteiger partial charge in [-0.1, -0.05) is 60.1 Å². The van der Waals surface area contributed by atoms with E-state index in [0.717, 1.165) is 23.2 Å². The molecular formula is C24H27Cl2N5O2S. The average molecular weight is 520 g/mol. The van der Waals surface area contributed by atoms with Crippen LogP contribution in [-0.2, 0) is 17.8 Å². The van der Waals surface area contributed by atoms with Crippen LogP contribution in [0.1, 0.15) is 54.1 Å². The highest BCUT2D eigenvalue weighted by atomic mass is 35.5. The zero-order valence-corrected chi connectivity index (χ0v) is 21.8. The number of aromatic nitrogens is 3. The lowest BCUT2D eigenvalue weighted by Crippen LogP contribution is -2.29. The van der Waals surface area contributed by atoms with E-state index in [-0.39, 0.29) is 22.6 Å². The molecule has 34 heavy (non-hydrogen) atoms. The van der Waals surface area contributed by atoms with Gasteiger partial charge in [0.2, 0.25) is 5.91 Å². The van der Waals surface area contributed by atoms with Crippen molar-refractivity contribution >= 4 is 52.5 Å². The smallest absolute Gasteiger partial charge is 0.253 e. The highest BCUT2D eigenvalue weighted by molar-refractivity contribution is 7.99. The molecule has 0 aliphatic carbocycles. The second-order valence-corrected chi connectivity index (χ2v) is 9.49. The van der Waals surface area contributed by atoms with E-state index < -0.39 is 6.04 Å². The van der Waals surface area contributed by atoms with E-state index >= 15 is 0 Å². The number of halogens is 2. The summed E-state index contributed by atoms with van der Waals surface area (Å²) in [6.07, 6.45) is 0.836. The fourth-order valence-electron chi connectivity index (χ4n) is 3.54. The number of para-hydroxylation sites is 1. The molecule has 0 aliphatic heterocycles. The summed E-state index contributed by atoms with van der Waals surface area (Å²) < 4.78 is 1.89. The summed E-state index contributed by atoms with van der Waals surface area (Å²) in [4.78, 5) is 25.3. The number of nitrogens with one attached hydrogen (secondary N) is 2. The molecule has 0 radical (unpaired) electrons. The van der Waals surface area contributed by atoms with Gasteiger partial charge in [-0.3, -0.25) is 9.59 Å². The first-order valence-corrected chi connectivity index (χ1v) is 12.7. The summed E-state index contributed by atoms with van der Waals surface area (Å²) in [5.41, 5.74) is 3.32. The lowest BCUT2D eigenvalue weighted by atomic mass is 10.1. The molecule has 0 aliphatic rings. The standard InChI is InChI=1S/C24H27Cl2N5O2S/c1-5-16-9-7-8-14(3)21(16)28-20(32)13-34-24-30-29-22(31(24)6-2)15(4)27-23(33)18-11-10-17(25)12-19(18)26/h7-12,15H,5-6,13H2,1-4H3,(H,27,33)(H,28,32)/t15-/m0/s1. The van der Waals surface area contributed by atoms with Crippen LogP contribution in [0.4, 0.5) is 5.69 Å². The number of nitrogens with zero attached hydrogens (tertiary/aromatic N) is 3. The van der Waals surface area contributed by atoms with E-state index in [1.165, 1.54) is 17.8 Å². The van der Waals surface area contributed by atoms with Crippen molar-refractivity contribution in [2.45, 2.75) is 51.9 Å². The van der Waals surface area contributed by atoms with Gasteiger partial charge < -0.3 is 15.2 Å². The highest BCUT2D eigenvalue weighted by Gasteiger charge is 2.21. The largest absolute Gasteiger partial charge is 0.342 e. The molecule has 1 aromatic heterocycles. The number of amides is 2. The number of rotatable bonds is 9. The number of hydrogen-bond acceptors (Lipinski definition) is 5. The predicted octanol–water partition coefficient (Wildman–Crippen LogP) is 5.70. The molecule has 3 aromatic rings. The maximum Gasteiger partial charge on any atom is 0.253 e. The fraction of sp³-hybridized carbons (Fsp3) is 0.333. The molecule has 1 heterocycles. The molecule has 10 heteroatoms. The third-order valence-electron chi connectivity index (χ3n) is 5.31. The maximum atomic E-state index is 12.7. The molecule has 1 atom stereocenters. The van der Waals surface area contributed by atoms with Gasteiger partial charge in [0.05, 0.1) is 22.4 Å². The molecule has 0 fully saturated rings. The minimum atomic E-state index is -0.422. The number of benzene rings is 2. The molecule has 2 N–H and O–H groups in total. The molecule has 0 unspecified atom stereocenters. The first-order chi connectivity index (χ1) is 16.2. The van der Waals surface area contributed by atoms with Crippen molar-refractivity contribution in [3.05, 3.63) is 69.0 Å². The Morgan fingerprint density at radius 1 is 1.15 bits per heavy atom. The second kappa shape index (κ2) is 11.7. The molecule has 0 spiro atoms. The van der Waals surface area contributed by atoms with Gasteiger partial charge in [-0.15, -0.1) is 10.2 Å². The second-order valence-electron chi connectivity index (χ2n) is 7.70. The van der Waals surface area contributed by atoms with Crippen LogP contribution in [0, 0.1) is 6.92 Å². The van der Waals surface area contributed by atoms with Gasteiger partial charge >= 0.3 is 0 Å². The van der Waals surface area contributed by atoms with Crippen molar-refractivity contribution in [2.24, 2.45) is 0 Å². The zero-order chi connectivity index (χ0) is 24.8. The molecular weight excluding hydrogens is 493 g/mol. The summed E-state index contributed by atoms with van der Waals surface area (Å²) in [5, 5.41) is 15.8. The molecule has 180 valence electrons. The van der Waals surface area contributed by atoms with E-state index in [2.05, 4.69) is 27.8 Å². The predicted molar refractivity (Wildman–Crippen MR) is 138 cm³/mol. The number of hydrogen-bond donors (Lipinski definition) is 2. The van der Waals surface area contributed by atoms with Gasteiger partial charge in [0.25, 0.3) is 5.91 Å². The van der Waals surface area contributed by atoms with Crippen molar-refractivity contribution in [1.29, 1.82) is 0 Å². The minimum absolute atomic E-state index is 0.111. The molecule has 0 bridgehead atoms. The van der Waals surface area contributed by atoms with Crippen LogP contribution < -0.4 is 10.6 Å². The Morgan fingerprint density at radius 2 is 1.91 bits per heavy atom. The van der Waals surface area contributed by atoms with E-state index in [1.807, 2.05) is 43.5 Å². The lowest BCUT2D eigenvalue weighted by Gasteiger charge is -2.16. The quantitative estimate of drug-likeness (QED) is 0.354. The SMILES string of the molecule is CCc1cccc(C)c1NC(=O)CSc1nnc([C@H](C)NC(=O)c2ccc(Cl)cc2Cl)n1CC. The van der Waals surface area contributed by atoms with Crippen LogP contribution in [0.5, 0.6) is 0 Å². The van der Waals surface area contributed by atoms with E-state index in [9.17, 15) is 9.59 Å². The fourth-order valence-corrected chi connectivity index (χ4v) is 4.85. The third kappa shape index (κ3) is 6.11. The van der Waals surface area contributed by atoms with Crippen molar-refractivity contribution in [2.75, 3.05) is 11.1 Å². The average Bonchev–Trinajstić information content (AvgIpc) is 3.22. The van der Waals surface area contributed by atoms with E-state index in [4.69, 9.17) is 23.2 Å². The highest BCUT2D eigenvalue weighted by Crippen LogP contribution is 2.25. The van der Waals surface area contributed by atoms with Crippen molar-refractivity contribution in [1.82, 2.24) is 20.1 Å². The first kappa shape index (κ1) is 26.1. The van der Waals surface area contributed by atoms with Gasteiger partial charge in [-0.05, 0) is 56.5 Å². The van der Waals surface area contributed by atoms with Gasteiger partial charge in [-0.2, -0.15) is 0 Å². The van der Waals surface area contributed by atoms with Crippen LogP contribution in [0.2, 0.25) is 10.0 Å². The van der Waals surface area contributed by atoms with Crippen LogP contribution in [0.15, 0.2) is 41.6 Å². The minimum Gasteiger partial charge on any atom is -0.342 e. The van der Waals surface area contributed by atoms with Crippen LogP contribution in [-0.4, -0.2) is 32.3 Å². The Kier molecular flexibility index (Phi) is 8.99. The van der Waals surface area contributed by atoms with Crippen LogP contribution in [0.25, 0.3) is 0 Å². The monoisotopic (exact) mass is 519 g/mol. The Labute approximate surface area is 213 Å². The van der Waals surface area contributed by atoms with Crippen molar-refractivity contribution in [3.8, 4) is 0 Å². The maximum absolute atomic E-state index is 12.7. The summed E-state index contributed by atoms with van der Waals surface area (Å²) in [5.74, 6) is 0.339. The normalized spacial score (nSPS) is 11.8. The van der Waals surface area contributed by atoms with Crippen LogP contribution in [0.3, 0.4) is 0 Å². The van der Waals surface area contributed by atoms with Gasteiger partial charge in [0.1, 0.15) is 0 Å². The molecule has 7 nitrogen and oxygen atoms in total. The van der Waals surface area contributed by atoms with E-state index in [1.54, 1.807) is 12.1 Å². The van der Waals surface area contributed by atoms with Gasteiger partial charge in [-0.25, -0.2) is 0 Å². The first-order valence-electron chi connectivity index (χ1n) is 10.9. The summed E-state index contributed by atoms with van der Waals surface area (Å²) in [7, 11) is 0. The Hall–Kier alpha value is -2.55. The number of thioether (sulfide) groups is 1. The van der Waals surface area contributed by atoms with Crippen LogP contribution >= 0.6 is 35.0 Å². The summed E-state index contributed by atoms with van der Waals surface area (Å²) in [6, 6.07) is 10.3. The summed E-state index contributed by atoms with van der Waals surface area (Å²) >= 11 is 13.4. The number of aryl methyl sites for hydroxylation is 2. The Morgan fingerprint density at radius 3 is 2.59 bits per heavy atom. The molecule has 2 aromatic carbocycles. The Bertz CT molecular complexity index is 1200. The van der Waals surface area contributed by atoms with Gasteiger partial charge in [0.15, 0.2) is 11.0 Å². The third-order valence-corrected chi connectivity index (χ3v) is 6.82. The number of carbonyl (C=O) groups is 2. The zero-order valence-electron chi connectivity index (χ0n) is 19.5. The molecule has 3 rings (SSSR count). The topological polar surface area (TPSA) is 88.9 Å². The summed E-state index contributed by atoms with van der Waals surface area (Å²) in [6.45, 7) is 8.41. The molecule has 0 saturated carbocycles. The van der Waals surface area contributed by atoms with E-state index in [0.29, 0.717) is 28.1 Å². The molecule has 0 saturated heterocycles. The number of carbonyl (C=O) groups excluding carboxylic acids is 2. The lowest BCUT2D eigenvalue weighted by molar-refractivity contribution is -0.113. The van der Waals surface area contributed by atoms with Gasteiger partial charge in [0, 0.05) is 17.3 Å². The van der Waals surface area contributed by atoms with Crippen molar-refractivity contribution < 1.29 is 9.59 Å².